The van der Waals surface area contributed by atoms with Crippen LogP contribution in [0.25, 0.3) is 0 Å². The lowest BCUT2D eigenvalue weighted by molar-refractivity contribution is 0.353. The van der Waals surface area contributed by atoms with Crippen LogP contribution in [0.3, 0.4) is 0 Å². The van der Waals surface area contributed by atoms with Crippen molar-refractivity contribution in [2.24, 2.45) is 0 Å². The molecule has 0 saturated carbocycles. The van der Waals surface area contributed by atoms with Crippen molar-refractivity contribution in [3.05, 3.63) is 47.1 Å². The Morgan fingerprint density at radius 3 is 2.47 bits per heavy atom. The molecule has 4 nitrogen and oxygen atoms in total. The molecule has 1 N–H and O–H groups in total. The molecule has 0 radical (unpaired) electrons. The van der Waals surface area contributed by atoms with E-state index in [0.29, 0.717) is 24.3 Å². The summed E-state index contributed by atoms with van der Waals surface area (Å²) in [5, 5.41) is 7.25. The number of hydrogen-bond donors (Lipinski definition) is 1. The Morgan fingerprint density at radius 1 is 1.21 bits per heavy atom. The molecule has 1 atom stereocenters. The molecule has 2 aromatic rings. The van der Waals surface area contributed by atoms with E-state index in [1.165, 1.54) is 11.1 Å². The highest BCUT2D eigenvalue weighted by Gasteiger charge is 2.10. The molecule has 19 heavy (non-hydrogen) atoms. The molecule has 0 amide bonds. The molecule has 2 rings (SSSR count). The highest BCUT2D eigenvalue weighted by atomic mass is 16.5. The summed E-state index contributed by atoms with van der Waals surface area (Å²) in [5.41, 5.74) is 2.67. The number of nitrogens with zero attached hydrogens (tertiary/aromatic N) is 2. The number of aromatic nitrogens is 2. The van der Waals surface area contributed by atoms with E-state index >= 15 is 0 Å². The summed E-state index contributed by atoms with van der Waals surface area (Å²) in [6.45, 7) is 6.77. The molecule has 0 aliphatic carbocycles. The molecule has 1 heterocycles. The molecule has 1 aromatic heterocycles. The normalized spacial score (nSPS) is 12.6. The maximum atomic E-state index is 5.11. The minimum Gasteiger partial charge on any atom is -0.338 e. The van der Waals surface area contributed by atoms with Gasteiger partial charge in [-0.1, -0.05) is 43.3 Å². The molecule has 0 fully saturated rings. The summed E-state index contributed by atoms with van der Waals surface area (Å²) in [6.07, 6.45) is 2.10. The lowest BCUT2D eigenvalue weighted by atomic mass is 10.0. The van der Waals surface area contributed by atoms with Gasteiger partial charge >= 0.3 is 0 Å². The third-order valence-corrected chi connectivity index (χ3v) is 3.27. The van der Waals surface area contributed by atoms with Crippen LogP contribution >= 0.6 is 0 Å². The Bertz CT molecular complexity index is 504. The van der Waals surface area contributed by atoms with Gasteiger partial charge in [-0.15, -0.1) is 0 Å². The van der Waals surface area contributed by atoms with Gasteiger partial charge in [0.1, 0.15) is 0 Å². The fourth-order valence-corrected chi connectivity index (χ4v) is 2.11. The Morgan fingerprint density at radius 2 is 1.95 bits per heavy atom. The predicted octanol–water partition coefficient (Wildman–Crippen LogP) is 3.18. The zero-order valence-corrected chi connectivity index (χ0v) is 11.8. The van der Waals surface area contributed by atoms with Gasteiger partial charge in [0.15, 0.2) is 5.82 Å². The Balaban J connectivity index is 1.98. The Labute approximate surface area is 114 Å². The van der Waals surface area contributed by atoms with Crippen molar-refractivity contribution in [2.75, 3.05) is 0 Å². The maximum absolute atomic E-state index is 5.11. The average Bonchev–Trinajstić information content (AvgIpc) is 2.86. The Kier molecular flexibility index (Phi) is 4.68. The standard InChI is InChI=1S/C15H21N3O/c1-4-12-6-8-13(9-7-12)14(5-2)16-10-15-17-11(3)18-19-15/h6-9,14,16H,4-5,10H2,1-3H3. The molecule has 0 bridgehead atoms. The summed E-state index contributed by atoms with van der Waals surface area (Å²) in [6, 6.07) is 9.09. The maximum Gasteiger partial charge on any atom is 0.240 e. The van der Waals surface area contributed by atoms with Gasteiger partial charge in [0.2, 0.25) is 5.89 Å². The van der Waals surface area contributed by atoms with Gasteiger partial charge in [0.05, 0.1) is 6.54 Å². The SMILES string of the molecule is CCc1ccc(C(CC)NCc2nc(C)no2)cc1. The highest BCUT2D eigenvalue weighted by molar-refractivity contribution is 5.25. The van der Waals surface area contributed by atoms with Gasteiger partial charge in [-0.2, -0.15) is 4.98 Å². The fraction of sp³-hybridized carbons (Fsp3) is 0.467. The van der Waals surface area contributed by atoms with Gasteiger partial charge in [0, 0.05) is 6.04 Å². The molecule has 0 spiro atoms. The van der Waals surface area contributed by atoms with Crippen LogP contribution < -0.4 is 5.32 Å². The summed E-state index contributed by atoms with van der Waals surface area (Å²) in [5.74, 6) is 1.32. The smallest absolute Gasteiger partial charge is 0.240 e. The second-order valence-electron chi connectivity index (χ2n) is 4.67. The molecule has 4 heteroatoms. The van der Waals surface area contributed by atoms with E-state index in [0.717, 1.165) is 12.8 Å². The van der Waals surface area contributed by atoms with Crippen molar-refractivity contribution in [3.63, 3.8) is 0 Å². The number of hydrogen-bond acceptors (Lipinski definition) is 4. The molecular weight excluding hydrogens is 238 g/mol. The van der Waals surface area contributed by atoms with Gasteiger partial charge in [-0.05, 0) is 30.9 Å². The number of benzene rings is 1. The van der Waals surface area contributed by atoms with Gasteiger partial charge in [-0.3, -0.25) is 0 Å². The first kappa shape index (κ1) is 13.7. The van der Waals surface area contributed by atoms with Crippen LogP contribution in [0.4, 0.5) is 0 Å². The quantitative estimate of drug-likeness (QED) is 0.865. The van der Waals surface area contributed by atoms with E-state index in [1.54, 1.807) is 0 Å². The van der Waals surface area contributed by atoms with E-state index in [4.69, 9.17) is 4.52 Å². The molecule has 1 aromatic carbocycles. The van der Waals surface area contributed by atoms with Crippen LogP contribution in [-0.2, 0) is 13.0 Å². The van der Waals surface area contributed by atoms with E-state index in [9.17, 15) is 0 Å². The zero-order chi connectivity index (χ0) is 13.7. The predicted molar refractivity (Wildman–Crippen MR) is 74.7 cm³/mol. The molecule has 0 aliphatic rings. The third kappa shape index (κ3) is 3.64. The second-order valence-corrected chi connectivity index (χ2v) is 4.67. The Hall–Kier alpha value is -1.68. The molecule has 102 valence electrons. The van der Waals surface area contributed by atoms with Gasteiger partial charge in [0.25, 0.3) is 0 Å². The van der Waals surface area contributed by atoms with Crippen LogP contribution in [0.5, 0.6) is 0 Å². The topological polar surface area (TPSA) is 51.0 Å². The highest BCUT2D eigenvalue weighted by Crippen LogP contribution is 2.18. The van der Waals surface area contributed by atoms with Crippen LogP contribution in [0, 0.1) is 6.92 Å². The van der Waals surface area contributed by atoms with E-state index in [1.807, 2.05) is 6.92 Å². The van der Waals surface area contributed by atoms with Crippen molar-refractivity contribution >= 4 is 0 Å². The summed E-state index contributed by atoms with van der Waals surface area (Å²) in [7, 11) is 0. The van der Waals surface area contributed by atoms with Crippen LogP contribution in [0.15, 0.2) is 28.8 Å². The van der Waals surface area contributed by atoms with E-state index in [2.05, 4.69) is 53.6 Å². The number of aryl methyl sites for hydroxylation is 2. The molecule has 0 aliphatic heterocycles. The minimum absolute atomic E-state index is 0.318. The van der Waals surface area contributed by atoms with Gasteiger partial charge in [-0.25, -0.2) is 0 Å². The largest absolute Gasteiger partial charge is 0.338 e. The van der Waals surface area contributed by atoms with Crippen LogP contribution in [0.2, 0.25) is 0 Å². The van der Waals surface area contributed by atoms with Crippen LogP contribution in [0.1, 0.15) is 49.2 Å². The first-order valence-corrected chi connectivity index (χ1v) is 6.84. The molecule has 1 unspecified atom stereocenters. The number of nitrogens with one attached hydrogen (secondary N) is 1. The minimum atomic E-state index is 0.318. The van der Waals surface area contributed by atoms with E-state index < -0.39 is 0 Å². The summed E-state index contributed by atoms with van der Waals surface area (Å²) < 4.78 is 5.11. The molecule has 0 saturated heterocycles. The summed E-state index contributed by atoms with van der Waals surface area (Å²) >= 11 is 0. The van der Waals surface area contributed by atoms with Crippen molar-refractivity contribution in [1.82, 2.24) is 15.5 Å². The van der Waals surface area contributed by atoms with Crippen molar-refractivity contribution in [1.29, 1.82) is 0 Å². The fourth-order valence-electron chi connectivity index (χ4n) is 2.11. The lowest BCUT2D eigenvalue weighted by Gasteiger charge is -2.16. The average molecular weight is 259 g/mol. The lowest BCUT2D eigenvalue weighted by Crippen LogP contribution is -2.20. The van der Waals surface area contributed by atoms with Gasteiger partial charge < -0.3 is 9.84 Å². The van der Waals surface area contributed by atoms with E-state index in [-0.39, 0.29) is 0 Å². The third-order valence-electron chi connectivity index (χ3n) is 3.27. The first-order chi connectivity index (χ1) is 9.22. The monoisotopic (exact) mass is 259 g/mol. The van der Waals surface area contributed by atoms with Crippen molar-refractivity contribution < 1.29 is 4.52 Å². The second kappa shape index (κ2) is 6.48. The van der Waals surface area contributed by atoms with Crippen molar-refractivity contribution in [2.45, 2.75) is 46.2 Å². The zero-order valence-electron chi connectivity index (χ0n) is 11.8. The molecular formula is C15H21N3O. The number of rotatable bonds is 6. The first-order valence-electron chi connectivity index (χ1n) is 6.84. The van der Waals surface area contributed by atoms with Crippen molar-refractivity contribution in [3.8, 4) is 0 Å². The van der Waals surface area contributed by atoms with Crippen LogP contribution in [-0.4, -0.2) is 10.1 Å². The summed E-state index contributed by atoms with van der Waals surface area (Å²) in [4.78, 5) is 4.20.